The van der Waals surface area contributed by atoms with Gasteiger partial charge in [0.1, 0.15) is 0 Å². The van der Waals surface area contributed by atoms with E-state index < -0.39 is 0 Å². The SMILES string of the molecule is Cc1nn(Cc2sccc2Br)cc1CN. The zero-order chi connectivity index (χ0) is 10.8. The summed E-state index contributed by atoms with van der Waals surface area (Å²) >= 11 is 5.24. The third-order valence-electron chi connectivity index (χ3n) is 2.26. The molecule has 2 heterocycles. The van der Waals surface area contributed by atoms with Crippen LogP contribution >= 0.6 is 27.3 Å². The molecule has 0 aliphatic rings. The van der Waals surface area contributed by atoms with E-state index in [9.17, 15) is 0 Å². The van der Waals surface area contributed by atoms with Gasteiger partial charge in [-0.2, -0.15) is 5.10 Å². The molecule has 0 spiro atoms. The first kappa shape index (κ1) is 10.9. The number of rotatable bonds is 3. The lowest BCUT2D eigenvalue weighted by molar-refractivity contribution is 0.685. The Bertz CT molecular complexity index is 461. The summed E-state index contributed by atoms with van der Waals surface area (Å²) in [5.74, 6) is 0. The monoisotopic (exact) mass is 285 g/mol. The lowest BCUT2D eigenvalue weighted by Gasteiger charge is -1.98. The van der Waals surface area contributed by atoms with Gasteiger partial charge in [0.15, 0.2) is 0 Å². The molecule has 0 amide bonds. The molecule has 80 valence electrons. The van der Waals surface area contributed by atoms with Crippen LogP contribution in [-0.2, 0) is 13.1 Å². The van der Waals surface area contributed by atoms with Crippen LogP contribution in [0.5, 0.6) is 0 Å². The zero-order valence-corrected chi connectivity index (χ0v) is 10.8. The number of thiophene rings is 1. The molecule has 0 aliphatic carbocycles. The Morgan fingerprint density at radius 3 is 2.93 bits per heavy atom. The van der Waals surface area contributed by atoms with Crippen molar-refractivity contribution < 1.29 is 0 Å². The summed E-state index contributed by atoms with van der Waals surface area (Å²) in [5, 5.41) is 6.49. The summed E-state index contributed by atoms with van der Waals surface area (Å²) in [6.07, 6.45) is 2.02. The number of aromatic nitrogens is 2. The summed E-state index contributed by atoms with van der Waals surface area (Å²) in [4.78, 5) is 1.28. The van der Waals surface area contributed by atoms with Gasteiger partial charge in [0.05, 0.1) is 12.2 Å². The van der Waals surface area contributed by atoms with Gasteiger partial charge in [-0.15, -0.1) is 11.3 Å². The molecule has 2 aromatic heterocycles. The highest BCUT2D eigenvalue weighted by atomic mass is 79.9. The van der Waals surface area contributed by atoms with Crippen molar-refractivity contribution >= 4 is 27.3 Å². The summed E-state index contributed by atoms with van der Waals surface area (Å²) < 4.78 is 3.09. The van der Waals surface area contributed by atoms with Crippen LogP contribution in [0.15, 0.2) is 22.1 Å². The van der Waals surface area contributed by atoms with Crippen molar-refractivity contribution in [1.82, 2.24) is 9.78 Å². The van der Waals surface area contributed by atoms with Crippen LogP contribution in [-0.4, -0.2) is 9.78 Å². The molecule has 0 unspecified atom stereocenters. The minimum absolute atomic E-state index is 0.553. The fourth-order valence-electron chi connectivity index (χ4n) is 1.43. The van der Waals surface area contributed by atoms with E-state index in [1.165, 1.54) is 4.88 Å². The fourth-order valence-corrected chi connectivity index (χ4v) is 2.89. The summed E-state index contributed by atoms with van der Waals surface area (Å²) in [5.41, 5.74) is 7.74. The first-order chi connectivity index (χ1) is 7.20. The predicted molar refractivity (Wildman–Crippen MR) is 66.0 cm³/mol. The van der Waals surface area contributed by atoms with E-state index in [1.54, 1.807) is 11.3 Å². The molecule has 0 radical (unpaired) electrons. The van der Waals surface area contributed by atoms with Crippen molar-refractivity contribution in [2.45, 2.75) is 20.0 Å². The smallest absolute Gasteiger partial charge is 0.0763 e. The second kappa shape index (κ2) is 4.47. The molecule has 0 atom stereocenters. The second-order valence-electron chi connectivity index (χ2n) is 3.33. The van der Waals surface area contributed by atoms with Crippen LogP contribution in [0, 0.1) is 6.92 Å². The molecule has 0 fully saturated rings. The Kier molecular flexibility index (Phi) is 3.23. The molecule has 0 saturated carbocycles. The average molecular weight is 286 g/mol. The van der Waals surface area contributed by atoms with Gasteiger partial charge in [0.25, 0.3) is 0 Å². The van der Waals surface area contributed by atoms with Crippen LogP contribution in [0.25, 0.3) is 0 Å². The number of hydrogen-bond donors (Lipinski definition) is 1. The number of hydrogen-bond acceptors (Lipinski definition) is 3. The first-order valence-electron chi connectivity index (χ1n) is 4.65. The molecule has 2 rings (SSSR count). The van der Waals surface area contributed by atoms with Crippen LogP contribution in [0.4, 0.5) is 0 Å². The van der Waals surface area contributed by atoms with Gasteiger partial charge in [0, 0.05) is 27.7 Å². The van der Waals surface area contributed by atoms with E-state index in [2.05, 4.69) is 32.5 Å². The van der Waals surface area contributed by atoms with Gasteiger partial charge in [-0.25, -0.2) is 0 Å². The van der Waals surface area contributed by atoms with Crippen molar-refractivity contribution in [2.24, 2.45) is 5.73 Å². The summed E-state index contributed by atoms with van der Waals surface area (Å²) in [6, 6.07) is 2.06. The topological polar surface area (TPSA) is 43.8 Å². The van der Waals surface area contributed by atoms with Gasteiger partial charge in [-0.3, -0.25) is 4.68 Å². The lowest BCUT2D eigenvalue weighted by Crippen LogP contribution is -1.99. The largest absolute Gasteiger partial charge is 0.326 e. The minimum atomic E-state index is 0.553. The van der Waals surface area contributed by atoms with E-state index in [1.807, 2.05) is 17.8 Å². The third kappa shape index (κ3) is 2.30. The van der Waals surface area contributed by atoms with Crippen LogP contribution in [0.1, 0.15) is 16.1 Å². The van der Waals surface area contributed by atoms with E-state index in [0.29, 0.717) is 6.54 Å². The number of nitrogens with two attached hydrogens (primary N) is 1. The first-order valence-corrected chi connectivity index (χ1v) is 6.33. The Morgan fingerprint density at radius 1 is 1.60 bits per heavy atom. The molecule has 2 N–H and O–H groups in total. The number of aryl methyl sites for hydroxylation is 1. The third-order valence-corrected chi connectivity index (χ3v) is 4.18. The van der Waals surface area contributed by atoms with Gasteiger partial charge in [0.2, 0.25) is 0 Å². The highest BCUT2D eigenvalue weighted by Crippen LogP contribution is 2.23. The Hall–Kier alpha value is -0.650. The minimum Gasteiger partial charge on any atom is -0.326 e. The van der Waals surface area contributed by atoms with Crippen molar-refractivity contribution in [2.75, 3.05) is 0 Å². The van der Waals surface area contributed by atoms with Crippen molar-refractivity contribution in [3.8, 4) is 0 Å². The van der Waals surface area contributed by atoms with Crippen molar-refractivity contribution in [3.63, 3.8) is 0 Å². The molecule has 5 heteroatoms. The molecule has 0 aromatic carbocycles. The Morgan fingerprint density at radius 2 is 2.40 bits per heavy atom. The van der Waals surface area contributed by atoms with Crippen molar-refractivity contribution in [3.05, 3.63) is 38.3 Å². The van der Waals surface area contributed by atoms with Gasteiger partial charge in [-0.1, -0.05) is 0 Å². The van der Waals surface area contributed by atoms with Gasteiger partial charge in [-0.05, 0) is 34.3 Å². The molecule has 0 bridgehead atoms. The molecule has 0 aliphatic heterocycles. The average Bonchev–Trinajstić information content (AvgIpc) is 2.75. The molecule has 2 aromatic rings. The molecule has 0 saturated heterocycles. The maximum Gasteiger partial charge on any atom is 0.0763 e. The van der Waals surface area contributed by atoms with Crippen molar-refractivity contribution in [1.29, 1.82) is 0 Å². The number of halogens is 1. The van der Waals surface area contributed by atoms with E-state index in [4.69, 9.17) is 5.73 Å². The highest BCUT2D eigenvalue weighted by Gasteiger charge is 2.06. The lowest BCUT2D eigenvalue weighted by atomic mass is 10.3. The Balaban J connectivity index is 2.21. The van der Waals surface area contributed by atoms with Gasteiger partial charge >= 0.3 is 0 Å². The maximum absolute atomic E-state index is 5.61. The summed E-state index contributed by atoms with van der Waals surface area (Å²) in [7, 11) is 0. The molecular formula is C10H12BrN3S. The zero-order valence-electron chi connectivity index (χ0n) is 8.40. The Labute approximate surface area is 101 Å². The standard InChI is InChI=1S/C10H12BrN3S/c1-7-8(4-12)5-14(13-7)6-10-9(11)2-3-15-10/h2-3,5H,4,6,12H2,1H3. The summed E-state index contributed by atoms with van der Waals surface area (Å²) in [6.45, 7) is 3.35. The quantitative estimate of drug-likeness (QED) is 0.942. The highest BCUT2D eigenvalue weighted by molar-refractivity contribution is 9.10. The molecular weight excluding hydrogens is 274 g/mol. The second-order valence-corrected chi connectivity index (χ2v) is 5.19. The van der Waals surface area contributed by atoms with Gasteiger partial charge < -0.3 is 5.73 Å². The van der Waals surface area contributed by atoms with E-state index in [-0.39, 0.29) is 0 Å². The van der Waals surface area contributed by atoms with E-state index >= 15 is 0 Å². The van der Waals surface area contributed by atoms with Crippen LogP contribution < -0.4 is 5.73 Å². The normalized spacial score (nSPS) is 10.9. The van der Waals surface area contributed by atoms with Crippen LogP contribution in [0.2, 0.25) is 0 Å². The maximum atomic E-state index is 5.61. The van der Waals surface area contributed by atoms with Crippen LogP contribution in [0.3, 0.4) is 0 Å². The fraction of sp³-hybridized carbons (Fsp3) is 0.300. The predicted octanol–water partition coefficient (Wildman–Crippen LogP) is 2.52. The molecule has 15 heavy (non-hydrogen) atoms. The van der Waals surface area contributed by atoms with E-state index in [0.717, 1.165) is 22.3 Å². The molecule has 3 nitrogen and oxygen atoms in total. The number of nitrogens with zero attached hydrogens (tertiary/aromatic N) is 2.